The molecule has 0 aliphatic rings. The van der Waals surface area contributed by atoms with E-state index in [0.29, 0.717) is 28.9 Å². The van der Waals surface area contributed by atoms with Crippen LogP contribution in [0.3, 0.4) is 0 Å². The molecule has 0 aliphatic carbocycles. The van der Waals surface area contributed by atoms with Crippen molar-refractivity contribution in [3.63, 3.8) is 0 Å². The van der Waals surface area contributed by atoms with Gasteiger partial charge in [0.2, 0.25) is 0 Å². The monoisotopic (exact) mass is 514 g/mol. The minimum Gasteiger partial charge on any atom is -0.490 e. The topological polar surface area (TPSA) is 58.5 Å². The number of halogens is 3. The van der Waals surface area contributed by atoms with Gasteiger partial charge in [-0.05, 0) is 19.1 Å². The Labute approximate surface area is 179 Å². The number of aliphatic imine (C=N–C) groups is 1. The maximum Gasteiger partial charge on any atom is 0.191 e. The quantitative estimate of drug-likeness (QED) is 0.252. The Morgan fingerprint density at radius 1 is 1.28 bits per heavy atom. The van der Waals surface area contributed by atoms with Gasteiger partial charge in [0.05, 0.1) is 22.3 Å². The first-order chi connectivity index (χ1) is 11.6. The Morgan fingerprint density at radius 3 is 2.72 bits per heavy atom. The van der Waals surface area contributed by atoms with Crippen molar-refractivity contribution >= 4 is 64.5 Å². The molecule has 0 aliphatic heterocycles. The third kappa shape index (κ3) is 7.55. The summed E-state index contributed by atoms with van der Waals surface area (Å²) in [7, 11) is 1.73. The smallest absolute Gasteiger partial charge is 0.191 e. The van der Waals surface area contributed by atoms with Crippen LogP contribution in [0.5, 0.6) is 5.75 Å². The van der Waals surface area contributed by atoms with E-state index in [-0.39, 0.29) is 24.0 Å². The van der Waals surface area contributed by atoms with Gasteiger partial charge in [0.1, 0.15) is 17.4 Å². The van der Waals surface area contributed by atoms with Gasteiger partial charge < -0.3 is 15.4 Å². The number of nitrogens with one attached hydrogen (secondary N) is 2. The maximum atomic E-state index is 6.07. The lowest BCUT2D eigenvalue weighted by atomic mass is 10.3. The van der Waals surface area contributed by atoms with Crippen molar-refractivity contribution in [3.8, 4) is 5.75 Å². The zero-order valence-electron chi connectivity index (χ0n) is 14.0. The van der Waals surface area contributed by atoms with Crippen LogP contribution < -0.4 is 15.4 Å². The first-order valence-corrected chi connectivity index (χ1v) is 9.16. The van der Waals surface area contributed by atoms with Crippen LogP contribution >= 0.6 is 58.5 Å². The molecular weight excluding hydrogens is 494 g/mol. The zero-order valence-corrected chi connectivity index (χ0v) is 18.7. The molecule has 1 aromatic heterocycles. The molecule has 5 nitrogen and oxygen atoms in total. The van der Waals surface area contributed by atoms with E-state index in [0.717, 1.165) is 29.6 Å². The fourth-order valence-electron chi connectivity index (χ4n) is 1.98. The molecule has 0 saturated carbocycles. The van der Waals surface area contributed by atoms with Crippen molar-refractivity contribution in [2.75, 3.05) is 26.7 Å². The van der Waals surface area contributed by atoms with Gasteiger partial charge in [-0.2, -0.15) is 0 Å². The summed E-state index contributed by atoms with van der Waals surface area (Å²) in [5.41, 5.74) is 1.10. The predicted molar refractivity (Wildman–Crippen MR) is 117 cm³/mol. The van der Waals surface area contributed by atoms with Crippen LogP contribution in [-0.2, 0) is 6.42 Å². The SMILES string of the molecule is CN=C(NCCOc1cccc(Cl)c1Cl)NCCc1csc(C)n1.I. The Kier molecular flexibility index (Phi) is 10.5. The number of aryl methyl sites for hydroxylation is 1. The molecule has 0 unspecified atom stereocenters. The number of aromatic nitrogens is 1. The highest BCUT2D eigenvalue weighted by Crippen LogP contribution is 2.31. The minimum absolute atomic E-state index is 0. The molecule has 0 amide bonds. The average molecular weight is 515 g/mol. The fraction of sp³-hybridized carbons (Fsp3) is 0.375. The van der Waals surface area contributed by atoms with Crippen LogP contribution in [-0.4, -0.2) is 37.7 Å². The van der Waals surface area contributed by atoms with Crippen molar-refractivity contribution < 1.29 is 4.74 Å². The predicted octanol–water partition coefficient (Wildman–Crippen LogP) is 4.16. The number of hydrogen-bond donors (Lipinski definition) is 2. The van der Waals surface area contributed by atoms with Gasteiger partial charge in [-0.1, -0.05) is 29.3 Å². The van der Waals surface area contributed by atoms with Gasteiger partial charge in [-0.15, -0.1) is 35.3 Å². The molecule has 0 spiro atoms. The van der Waals surface area contributed by atoms with Gasteiger partial charge >= 0.3 is 0 Å². The number of benzene rings is 1. The van der Waals surface area contributed by atoms with Crippen LogP contribution in [0.4, 0.5) is 0 Å². The Bertz CT molecular complexity index is 697. The van der Waals surface area contributed by atoms with Crippen LogP contribution in [0.15, 0.2) is 28.6 Å². The molecule has 0 saturated heterocycles. The van der Waals surface area contributed by atoms with E-state index in [9.17, 15) is 0 Å². The second-order valence-electron chi connectivity index (χ2n) is 4.93. The number of thiazole rings is 1. The van der Waals surface area contributed by atoms with Crippen molar-refractivity contribution in [1.82, 2.24) is 15.6 Å². The highest BCUT2D eigenvalue weighted by atomic mass is 127. The van der Waals surface area contributed by atoms with Crippen molar-refractivity contribution in [2.45, 2.75) is 13.3 Å². The molecular formula is C16H21Cl2IN4OS. The Balaban J connectivity index is 0.00000312. The van der Waals surface area contributed by atoms with Gasteiger partial charge in [0, 0.05) is 25.4 Å². The third-order valence-corrected chi connectivity index (χ3v) is 4.76. The molecule has 138 valence electrons. The number of rotatable bonds is 7. The molecule has 25 heavy (non-hydrogen) atoms. The Hall–Kier alpha value is -0.770. The van der Waals surface area contributed by atoms with Gasteiger partial charge in [0.25, 0.3) is 0 Å². The third-order valence-electron chi connectivity index (χ3n) is 3.13. The fourth-order valence-corrected chi connectivity index (χ4v) is 2.97. The molecule has 9 heteroatoms. The summed E-state index contributed by atoms with van der Waals surface area (Å²) < 4.78 is 5.62. The zero-order chi connectivity index (χ0) is 17.4. The maximum absolute atomic E-state index is 6.07. The van der Waals surface area contributed by atoms with Crippen LogP contribution in [0.2, 0.25) is 10.0 Å². The largest absolute Gasteiger partial charge is 0.490 e. The lowest BCUT2D eigenvalue weighted by molar-refractivity contribution is 0.322. The molecule has 2 aromatic rings. The molecule has 2 rings (SSSR count). The Morgan fingerprint density at radius 2 is 2.04 bits per heavy atom. The number of ether oxygens (including phenoxy) is 1. The summed E-state index contributed by atoms with van der Waals surface area (Å²) in [4.78, 5) is 8.61. The van der Waals surface area contributed by atoms with E-state index in [1.165, 1.54) is 0 Å². The van der Waals surface area contributed by atoms with Gasteiger partial charge in [0.15, 0.2) is 5.96 Å². The first kappa shape index (κ1) is 22.3. The van der Waals surface area contributed by atoms with Crippen LogP contribution in [0.1, 0.15) is 10.7 Å². The molecule has 0 bridgehead atoms. The normalized spacial score (nSPS) is 11.0. The second-order valence-corrected chi connectivity index (χ2v) is 6.78. The molecule has 0 fully saturated rings. The summed E-state index contributed by atoms with van der Waals surface area (Å²) in [5.74, 6) is 1.30. The van der Waals surface area contributed by atoms with E-state index in [1.54, 1.807) is 36.6 Å². The standard InChI is InChI=1S/C16H20Cl2N4OS.HI/c1-11-22-12(10-24-11)6-7-20-16(19-2)21-8-9-23-14-5-3-4-13(17)15(14)18;/h3-5,10H,6-9H2,1-2H3,(H2,19,20,21);1H. The highest BCUT2D eigenvalue weighted by Gasteiger charge is 2.05. The molecule has 0 atom stereocenters. The molecule has 1 aromatic carbocycles. The summed E-state index contributed by atoms with van der Waals surface area (Å²) in [5, 5.41) is 10.5. The summed E-state index contributed by atoms with van der Waals surface area (Å²) in [6.45, 7) is 3.82. The molecule has 2 N–H and O–H groups in total. The number of hydrogen-bond acceptors (Lipinski definition) is 4. The lowest BCUT2D eigenvalue weighted by Gasteiger charge is -2.13. The average Bonchev–Trinajstić information content (AvgIpc) is 2.98. The highest BCUT2D eigenvalue weighted by molar-refractivity contribution is 14.0. The van der Waals surface area contributed by atoms with Crippen molar-refractivity contribution in [2.24, 2.45) is 4.99 Å². The lowest BCUT2D eigenvalue weighted by Crippen LogP contribution is -2.40. The van der Waals surface area contributed by atoms with E-state index in [2.05, 4.69) is 26.0 Å². The van der Waals surface area contributed by atoms with E-state index in [1.807, 2.05) is 6.92 Å². The van der Waals surface area contributed by atoms with Crippen LogP contribution in [0, 0.1) is 6.92 Å². The molecule has 1 heterocycles. The summed E-state index contributed by atoms with van der Waals surface area (Å²) in [6.07, 6.45) is 0.861. The van der Waals surface area contributed by atoms with E-state index < -0.39 is 0 Å². The van der Waals surface area contributed by atoms with Crippen LogP contribution in [0.25, 0.3) is 0 Å². The number of nitrogens with zero attached hydrogens (tertiary/aromatic N) is 2. The number of guanidine groups is 1. The van der Waals surface area contributed by atoms with Gasteiger partial charge in [-0.25, -0.2) is 4.98 Å². The van der Waals surface area contributed by atoms with Crippen molar-refractivity contribution in [3.05, 3.63) is 44.3 Å². The summed E-state index contributed by atoms with van der Waals surface area (Å²) >= 11 is 13.7. The molecule has 0 radical (unpaired) electrons. The first-order valence-electron chi connectivity index (χ1n) is 7.52. The van der Waals surface area contributed by atoms with Gasteiger partial charge in [-0.3, -0.25) is 4.99 Å². The van der Waals surface area contributed by atoms with Crippen molar-refractivity contribution in [1.29, 1.82) is 0 Å². The van der Waals surface area contributed by atoms with E-state index in [4.69, 9.17) is 27.9 Å². The minimum atomic E-state index is 0. The van der Waals surface area contributed by atoms with E-state index >= 15 is 0 Å². The second kappa shape index (κ2) is 11.8. The summed E-state index contributed by atoms with van der Waals surface area (Å²) in [6, 6.07) is 5.32.